The van der Waals surface area contributed by atoms with E-state index in [1.165, 1.54) is 5.56 Å². The fourth-order valence-corrected chi connectivity index (χ4v) is 3.37. The molecule has 158 valence electrons. The SMILES string of the molecule is Cc1ccc(OCCCOc2c(-c3ccc(C)cc3)oc3cc(C)ccc3c2=O)cc1. The van der Waals surface area contributed by atoms with Gasteiger partial charge in [0.25, 0.3) is 0 Å². The van der Waals surface area contributed by atoms with Crippen molar-refractivity contribution < 1.29 is 13.9 Å². The molecule has 4 heteroatoms. The van der Waals surface area contributed by atoms with Crippen LogP contribution in [0.5, 0.6) is 11.5 Å². The second-order valence-electron chi connectivity index (χ2n) is 7.82. The van der Waals surface area contributed by atoms with Gasteiger partial charge in [0.05, 0.1) is 18.6 Å². The van der Waals surface area contributed by atoms with E-state index in [-0.39, 0.29) is 11.2 Å². The molecule has 1 aromatic heterocycles. The molecule has 31 heavy (non-hydrogen) atoms. The van der Waals surface area contributed by atoms with Crippen LogP contribution in [0.25, 0.3) is 22.3 Å². The lowest BCUT2D eigenvalue weighted by Crippen LogP contribution is -2.13. The van der Waals surface area contributed by atoms with Crippen LogP contribution in [0.1, 0.15) is 23.1 Å². The summed E-state index contributed by atoms with van der Waals surface area (Å²) >= 11 is 0. The largest absolute Gasteiger partial charge is 0.493 e. The van der Waals surface area contributed by atoms with E-state index in [1.54, 1.807) is 6.07 Å². The Morgan fingerprint density at radius 1 is 0.742 bits per heavy atom. The first-order chi connectivity index (χ1) is 15.0. The van der Waals surface area contributed by atoms with Crippen molar-refractivity contribution in [2.24, 2.45) is 0 Å². The predicted molar refractivity (Wildman–Crippen MR) is 124 cm³/mol. The van der Waals surface area contributed by atoms with Gasteiger partial charge in [-0.2, -0.15) is 0 Å². The van der Waals surface area contributed by atoms with Crippen LogP contribution in [0.3, 0.4) is 0 Å². The molecule has 0 amide bonds. The van der Waals surface area contributed by atoms with E-state index in [4.69, 9.17) is 13.9 Å². The predicted octanol–water partition coefficient (Wildman–Crippen LogP) is 6.23. The first-order valence-electron chi connectivity index (χ1n) is 10.5. The molecule has 0 radical (unpaired) electrons. The number of aryl methyl sites for hydroxylation is 3. The molecular weight excluding hydrogens is 388 g/mol. The third-order valence-corrected chi connectivity index (χ3v) is 5.14. The number of ether oxygens (including phenoxy) is 2. The number of hydrogen-bond acceptors (Lipinski definition) is 4. The van der Waals surface area contributed by atoms with Crippen molar-refractivity contribution in [2.45, 2.75) is 27.2 Å². The highest BCUT2D eigenvalue weighted by Gasteiger charge is 2.18. The number of fused-ring (bicyclic) bond motifs is 1. The van der Waals surface area contributed by atoms with E-state index >= 15 is 0 Å². The molecule has 4 nitrogen and oxygen atoms in total. The summed E-state index contributed by atoms with van der Waals surface area (Å²) in [5.74, 6) is 1.53. The van der Waals surface area contributed by atoms with Gasteiger partial charge < -0.3 is 13.9 Å². The second kappa shape index (κ2) is 9.09. The average Bonchev–Trinajstić information content (AvgIpc) is 2.76. The van der Waals surface area contributed by atoms with Crippen LogP contribution < -0.4 is 14.9 Å². The van der Waals surface area contributed by atoms with Crippen LogP contribution in [0.4, 0.5) is 0 Å². The Labute approximate surface area is 182 Å². The Hall–Kier alpha value is -3.53. The van der Waals surface area contributed by atoms with Crippen LogP contribution in [-0.2, 0) is 0 Å². The van der Waals surface area contributed by atoms with E-state index in [1.807, 2.05) is 81.4 Å². The smallest absolute Gasteiger partial charge is 0.235 e. The number of hydrogen-bond donors (Lipinski definition) is 0. The Bertz CT molecular complexity index is 1240. The number of rotatable bonds is 7. The molecule has 0 N–H and O–H groups in total. The van der Waals surface area contributed by atoms with Crippen LogP contribution in [0, 0.1) is 20.8 Å². The first kappa shape index (κ1) is 20.7. The monoisotopic (exact) mass is 414 g/mol. The van der Waals surface area contributed by atoms with Gasteiger partial charge in [0.15, 0.2) is 5.76 Å². The van der Waals surface area contributed by atoms with Crippen molar-refractivity contribution in [1.82, 2.24) is 0 Å². The first-order valence-corrected chi connectivity index (χ1v) is 10.5. The van der Waals surface area contributed by atoms with Crippen LogP contribution in [0.2, 0.25) is 0 Å². The highest BCUT2D eigenvalue weighted by molar-refractivity contribution is 5.82. The number of benzene rings is 3. The van der Waals surface area contributed by atoms with Gasteiger partial charge >= 0.3 is 0 Å². The molecule has 3 aromatic carbocycles. The maximum absolute atomic E-state index is 13.2. The summed E-state index contributed by atoms with van der Waals surface area (Å²) in [5, 5.41) is 0.521. The van der Waals surface area contributed by atoms with Crippen LogP contribution >= 0.6 is 0 Å². The molecule has 0 saturated heterocycles. The Kier molecular flexibility index (Phi) is 6.08. The Morgan fingerprint density at radius 2 is 1.35 bits per heavy atom. The summed E-state index contributed by atoms with van der Waals surface area (Å²) in [6, 6.07) is 21.4. The van der Waals surface area contributed by atoms with Gasteiger partial charge in [-0.3, -0.25) is 4.79 Å². The summed E-state index contributed by atoms with van der Waals surface area (Å²) < 4.78 is 17.9. The van der Waals surface area contributed by atoms with Crippen molar-refractivity contribution in [2.75, 3.05) is 13.2 Å². The van der Waals surface area contributed by atoms with Gasteiger partial charge in [-0.15, -0.1) is 0 Å². The lowest BCUT2D eigenvalue weighted by molar-refractivity contribution is 0.244. The molecule has 1 heterocycles. The summed E-state index contributed by atoms with van der Waals surface area (Å²) in [6.45, 7) is 6.90. The molecule has 4 aromatic rings. The zero-order valence-electron chi connectivity index (χ0n) is 18.1. The maximum Gasteiger partial charge on any atom is 0.235 e. The fourth-order valence-electron chi connectivity index (χ4n) is 3.37. The molecule has 0 aliphatic rings. The van der Waals surface area contributed by atoms with Crippen molar-refractivity contribution >= 4 is 11.0 Å². The maximum atomic E-state index is 13.2. The molecule has 0 atom stereocenters. The van der Waals surface area contributed by atoms with Gasteiger partial charge in [-0.05, 0) is 50.6 Å². The van der Waals surface area contributed by atoms with Gasteiger partial charge in [0, 0.05) is 12.0 Å². The zero-order chi connectivity index (χ0) is 21.8. The Balaban J connectivity index is 1.56. The van der Waals surface area contributed by atoms with Crippen LogP contribution in [-0.4, -0.2) is 13.2 Å². The summed E-state index contributed by atoms with van der Waals surface area (Å²) in [6.07, 6.45) is 0.645. The van der Waals surface area contributed by atoms with Gasteiger partial charge in [0.2, 0.25) is 11.2 Å². The van der Waals surface area contributed by atoms with E-state index in [9.17, 15) is 4.79 Å². The molecular formula is C27H26O4. The normalized spacial score (nSPS) is 10.9. The highest BCUT2D eigenvalue weighted by Crippen LogP contribution is 2.31. The summed E-state index contributed by atoms with van der Waals surface area (Å²) in [4.78, 5) is 13.2. The van der Waals surface area contributed by atoms with Gasteiger partial charge in [-0.1, -0.05) is 53.6 Å². The van der Waals surface area contributed by atoms with Crippen molar-refractivity contribution in [3.05, 3.63) is 93.6 Å². The van der Waals surface area contributed by atoms with Crippen LogP contribution in [0.15, 0.2) is 75.9 Å². The summed E-state index contributed by atoms with van der Waals surface area (Å²) in [5.41, 5.74) is 4.59. The van der Waals surface area contributed by atoms with Crippen molar-refractivity contribution in [1.29, 1.82) is 0 Å². The molecule has 0 spiro atoms. The lowest BCUT2D eigenvalue weighted by atomic mass is 10.1. The van der Waals surface area contributed by atoms with E-state index in [2.05, 4.69) is 0 Å². The molecule has 0 unspecified atom stereocenters. The summed E-state index contributed by atoms with van der Waals surface area (Å²) in [7, 11) is 0. The highest BCUT2D eigenvalue weighted by atomic mass is 16.5. The third kappa shape index (κ3) is 4.80. The van der Waals surface area contributed by atoms with Gasteiger partial charge in [-0.25, -0.2) is 0 Å². The van der Waals surface area contributed by atoms with E-state index in [0.29, 0.717) is 36.4 Å². The van der Waals surface area contributed by atoms with E-state index in [0.717, 1.165) is 22.4 Å². The molecule has 0 saturated carbocycles. The molecule has 4 rings (SSSR count). The molecule has 0 aliphatic heterocycles. The minimum absolute atomic E-state index is 0.156. The molecule has 0 fully saturated rings. The lowest BCUT2D eigenvalue weighted by Gasteiger charge is -2.13. The fraction of sp³-hybridized carbons (Fsp3) is 0.222. The van der Waals surface area contributed by atoms with Gasteiger partial charge in [0.1, 0.15) is 11.3 Å². The third-order valence-electron chi connectivity index (χ3n) is 5.14. The zero-order valence-corrected chi connectivity index (χ0v) is 18.1. The van der Waals surface area contributed by atoms with Crippen molar-refractivity contribution in [3.63, 3.8) is 0 Å². The minimum Gasteiger partial charge on any atom is -0.493 e. The minimum atomic E-state index is -0.156. The second-order valence-corrected chi connectivity index (χ2v) is 7.82. The standard InChI is InChI=1S/C27H26O4/c1-18-5-10-21(11-6-18)26-27(25(28)23-14-9-20(3)17-24(23)31-26)30-16-4-15-29-22-12-7-19(2)8-13-22/h5-14,17H,4,15-16H2,1-3H3. The van der Waals surface area contributed by atoms with Crippen molar-refractivity contribution in [3.8, 4) is 22.8 Å². The molecule has 0 aliphatic carbocycles. The van der Waals surface area contributed by atoms with E-state index < -0.39 is 0 Å². The average molecular weight is 415 g/mol. The Morgan fingerprint density at radius 3 is 2.06 bits per heavy atom. The topological polar surface area (TPSA) is 48.7 Å². The quantitative estimate of drug-likeness (QED) is 0.336. The molecule has 0 bridgehead atoms.